The second kappa shape index (κ2) is 3.82. The minimum absolute atomic E-state index is 0. The lowest BCUT2D eigenvalue weighted by molar-refractivity contribution is 1.37. The third-order valence-corrected chi connectivity index (χ3v) is 1.45. The first-order chi connectivity index (χ1) is 3.79. The van der Waals surface area contributed by atoms with Crippen molar-refractivity contribution in [3.05, 3.63) is 24.3 Å². The second-order valence-electron chi connectivity index (χ2n) is 1.52. The number of hydrogen-bond acceptors (Lipinski definition) is 3. The van der Waals surface area contributed by atoms with Crippen LogP contribution in [0.1, 0.15) is 0 Å². The van der Waals surface area contributed by atoms with E-state index >= 15 is 0 Å². The molecule has 0 atom stereocenters. The Labute approximate surface area is 65.9 Å². The van der Waals surface area contributed by atoms with Crippen molar-refractivity contribution in [3.63, 3.8) is 0 Å². The number of benzene rings is 1. The summed E-state index contributed by atoms with van der Waals surface area (Å²) in [7, 11) is 0. The molecule has 3 heteroatoms. The molecule has 0 aliphatic heterocycles. The maximum Gasteiger partial charge on any atom is 0.00407 e. The maximum atomic E-state index is 4.10. The van der Waals surface area contributed by atoms with Gasteiger partial charge in [0.2, 0.25) is 0 Å². The van der Waals surface area contributed by atoms with E-state index in [9.17, 15) is 0 Å². The van der Waals surface area contributed by atoms with Crippen LogP contribution in [0.15, 0.2) is 34.1 Å². The van der Waals surface area contributed by atoms with E-state index in [2.05, 4.69) is 25.3 Å². The molecule has 0 unspecified atom stereocenters. The van der Waals surface area contributed by atoms with Gasteiger partial charge in [-0.25, -0.2) is 0 Å². The number of rotatable bonds is 0. The Morgan fingerprint density at radius 3 is 1.22 bits per heavy atom. The van der Waals surface area contributed by atoms with Gasteiger partial charge in [-0.05, 0) is 24.3 Å². The molecule has 0 fully saturated rings. The predicted octanol–water partition coefficient (Wildman–Crippen LogP) is 2.43. The average Bonchev–Trinajstić information content (AvgIpc) is 1.77. The normalized spacial score (nSPS) is 8.22. The number of hydrogen-bond donors (Lipinski definition) is 3. The van der Waals surface area contributed by atoms with Gasteiger partial charge < -0.3 is 6.15 Å². The largest absolute Gasteiger partial charge is 0.344 e. The lowest BCUT2D eigenvalue weighted by Crippen LogP contribution is -1.63. The summed E-state index contributed by atoms with van der Waals surface area (Å²) in [5.74, 6) is 0. The zero-order chi connectivity index (χ0) is 5.98. The van der Waals surface area contributed by atoms with E-state index in [1.165, 1.54) is 0 Å². The molecule has 0 radical (unpaired) electrons. The van der Waals surface area contributed by atoms with Gasteiger partial charge in [0.25, 0.3) is 0 Å². The standard InChI is InChI=1S/C6H6S2.H3N/c7-5-1-2-6(8)4-3-5;/h1-4,7-8H;1H3. The van der Waals surface area contributed by atoms with Crippen LogP contribution in [0.5, 0.6) is 0 Å². The summed E-state index contributed by atoms with van der Waals surface area (Å²) >= 11 is 8.20. The molecule has 0 saturated carbocycles. The molecule has 0 aliphatic carbocycles. The zero-order valence-corrected chi connectivity index (χ0v) is 6.70. The Balaban J connectivity index is 0.000000640. The second-order valence-corrected chi connectivity index (χ2v) is 2.55. The van der Waals surface area contributed by atoms with Crippen LogP contribution >= 0.6 is 25.3 Å². The third-order valence-electron chi connectivity index (χ3n) is 0.850. The van der Waals surface area contributed by atoms with Gasteiger partial charge in [-0.3, -0.25) is 0 Å². The Hall–Kier alpha value is -0.120. The smallest absolute Gasteiger partial charge is 0.00407 e. The molecular weight excluding hydrogens is 150 g/mol. The van der Waals surface area contributed by atoms with Crippen LogP contribution < -0.4 is 6.15 Å². The van der Waals surface area contributed by atoms with Gasteiger partial charge in [-0.2, -0.15) is 0 Å². The Morgan fingerprint density at radius 2 is 1.00 bits per heavy atom. The highest BCUT2D eigenvalue weighted by Crippen LogP contribution is 2.09. The van der Waals surface area contributed by atoms with Crippen molar-refractivity contribution in [1.82, 2.24) is 6.15 Å². The Bertz CT molecular complexity index is 150. The molecule has 0 spiro atoms. The van der Waals surface area contributed by atoms with E-state index in [-0.39, 0.29) is 6.15 Å². The predicted molar refractivity (Wildman–Crippen MR) is 46.0 cm³/mol. The molecule has 0 aromatic heterocycles. The van der Waals surface area contributed by atoms with Crippen LogP contribution in [-0.2, 0) is 0 Å². The number of thiol groups is 2. The van der Waals surface area contributed by atoms with E-state index in [0.29, 0.717) is 0 Å². The summed E-state index contributed by atoms with van der Waals surface area (Å²) < 4.78 is 0. The van der Waals surface area contributed by atoms with E-state index in [0.717, 1.165) is 9.79 Å². The lowest BCUT2D eigenvalue weighted by atomic mass is 10.4. The van der Waals surface area contributed by atoms with Gasteiger partial charge in [-0.15, -0.1) is 25.3 Å². The van der Waals surface area contributed by atoms with Crippen molar-refractivity contribution in [2.45, 2.75) is 9.79 Å². The van der Waals surface area contributed by atoms with Crippen molar-refractivity contribution in [2.24, 2.45) is 0 Å². The van der Waals surface area contributed by atoms with Gasteiger partial charge in [0.05, 0.1) is 0 Å². The molecule has 0 heterocycles. The average molecular weight is 159 g/mol. The van der Waals surface area contributed by atoms with E-state index in [1.54, 1.807) is 0 Å². The van der Waals surface area contributed by atoms with Crippen molar-refractivity contribution >= 4 is 25.3 Å². The first kappa shape index (κ1) is 8.88. The quantitative estimate of drug-likeness (QED) is 0.499. The molecule has 1 rings (SSSR count). The summed E-state index contributed by atoms with van der Waals surface area (Å²) in [5.41, 5.74) is 0. The van der Waals surface area contributed by atoms with Crippen molar-refractivity contribution in [3.8, 4) is 0 Å². The topological polar surface area (TPSA) is 35.0 Å². The molecule has 0 bridgehead atoms. The molecule has 0 aliphatic rings. The van der Waals surface area contributed by atoms with Crippen LogP contribution in [-0.4, -0.2) is 0 Å². The SMILES string of the molecule is N.Sc1ccc(S)cc1. The molecule has 0 saturated heterocycles. The van der Waals surface area contributed by atoms with E-state index < -0.39 is 0 Å². The van der Waals surface area contributed by atoms with Gasteiger partial charge >= 0.3 is 0 Å². The molecule has 1 aromatic rings. The molecule has 9 heavy (non-hydrogen) atoms. The summed E-state index contributed by atoms with van der Waals surface area (Å²) in [5, 5.41) is 0. The fourth-order valence-corrected chi connectivity index (χ4v) is 0.751. The van der Waals surface area contributed by atoms with Gasteiger partial charge in [-0.1, -0.05) is 0 Å². The highest BCUT2D eigenvalue weighted by molar-refractivity contribution is 7.80. The van der Waals surface area contributed by atoms with Crippen LogP contribution in [0.4, 0.5) is 0 Å². The van der Waals surface area contributed by atoms with E-state index in [4.69, 9.17) is 0 Å². The Kier molecular flexibility index (Phi) is 3.77. The monoisotopic (exact) mass is 159 g/mol. The summed E-state index contributed by atoms with van der Waals surface area (Å²) in [6, 6.07) is 7.63. The first-order valence-corrected chi connectivity index (χ1v) is 3.16. The molecule has 1 aromatic carbocycles. The Morgan fingerprint density at radius 1 is 0.778 bits per heavy atom. The molecule has 0 amide bonds. The summed E-state index contributed by atoms with van der Waals surface area (Å²) in [6.07, 6.45) is 0. The van der Waals surface area contributed by atoms with Crippen LogP contribution in [0.2, 0.25) is 0 Å². The summed E-state index contributed by atoms with van der Waals surface area (Å²) in [4.78, 5) is 1.95. The van der Waals surface area contributed by atoms with E-state index in [1.807, 2.05) is 24.3 Å². The summed E-state index contributed by atoms with van der Waals surface area (Å²) in [6.45, 7) is 0. The fourth-order valence-electron chi connectivity index (χ4n) is 0.453. The van der Waals surface area contributed by atoms with Crippen LogP contribution in [0, 0.1) is 0 Å². The molecular formula is C6H9NS2. The van der Waals surface area contributed by atoms with Gasteiger partial charge in [0.15, 0.2) is 0 Å². The third kappa shape index (κ3) is 2.79. The zero-order valence-electron chi connectivity index (χ0n) is 4.91. The van der Waals surface area contributed by atoms with Crippen molar-refractivity contribution in [2.75, 3.05) is 0 Å². The molecule has 1 nitrogen and oxygen atoms in total. The fraction of sp³-hybridized carbons (Fsp3) is 0. The van der Waals surface area contributed by atoms with Crippen LogP contribution in [0.3, 0.4) is 0 Å². The minimum atomic E-state index is 0. The van der Waals surface area contributed by atoms with Crippen molar-refractivity contribution < 1.29 is 0 Å². The highest BCUT2D eigenvalue weighted by atomic mass is 32.1. The first-order valence-electron chi connectivity index (χ1n) is 2.27. The molecule has 50 valence electrons. The molecule has 3 N–H and O–H groups in total. The minimum Gasteiger partial charge on any atom is -0.344 e. The maximum absolute atomic E-state index is 4.10. The van der Waals surface area contributed by atoms with Gasteiger partial charge in [0, 0.05) is 9.79 Å². The highest BCUT2D eigenvalue weighted by Gasteiger charge is 1.81. The van der Waals surface area contributed by atoms with Gasteiger partial charge in [0.1, 0.15) is 0 Å². The van der Waals surface area contributed by atoms with Crippen molar-refractivity contribution in [1.29, 1.82) is 0 Å². The van der Waals surface area contributed by atoms with Crippen LogP contribution in [0.25, 0.3) is 0 Å². The lowest BCUT2D eigenvalue weighted by Gasteiger charge is -1.88.